The van der Waals surface area contributed by atoms with Crippen molar-refractivity contribution in [2.75, 3.05) is 5.32 Å². The molecule has 1 heterocycles. The van der Waals surface area contributed by atoms with Gasteiger partial charge in [0.2, 0.25) is 5.95 Å². The van der Waals surface area contributed by atoms with Gasteiger partial charge in [-0.2, -0.15) is 0 Å². The van der Waals surface area contributed by atoms with E-state index in [4.69, 9.17) is 18.0 Å². The van der Waals surface area contributed by atoms with E-state index in [1.54, 1.807) is 12.3 Å². The van der Waals surface area contributed by atoms with Crippen molar-refractivity contribution < 1.29 is 0 Å². The van der Waals surface area contributed by atoms with E-state index in [9.17, 15) is 0 Å². The van der Waals surface area contributed by atoms with Crippen LogP contribution >= 0.6 is 12.2 Å². The third-order valence-electron chi connectivity index (χ3n) is 2.55. The summed E-state index contributed by atoms with van der Waals surface area (Å²) in [5.74, 6) is 0.494. The Hall–Kier alpha value is -2.01. The lowest BCUT2D eigenvalue weighted by atomic mass is 10.1. The van der Waals surface area contributed by atoms with Gasteiger partial charge in [-0.3, -0.25) is 0 Å². The second-order valence-electron chi connectivity index (χ2n) is 4.07. The van der Waals surface area contributed by atoms with Crippen LogP contribution in [0.5, 0.6) is 0 Å². The lowest BCUT2D eigenvalue weighted by Gasteiger charge is -2.09. The van der Waals surface area contributed by atoms with Crippen LogP contribution in [0, 0.1) is 13.8 Å². The van der Waals surface area contributed by atoms with E-state index in [1.807, 2.05) is 19.9 Å². The molecule has 1 aromatic carbocycles. The minimum Gasteiger partial charge on any atom is -0.388 e. The number of anilines is 2. The van der Waals surface area contributed by atoms with Gasteiger partial charge in [0, 0.05) is 11.9 Å². The number of aromatic nitrogens is 2. The van der Waals surface area contributed by atoms with Crippen molar-refractivity contribution in [1.29, 1.82) is 0 Å². The van der Waals surface area contributed by atoms with Crippen molar-refractivity contribution in [3.8, 4) is 0 Å². The van der Waals surface area contributed by atoms with Crippen LogP contribution in [-0.4, -0.2) is 15.0 Å². The molecule has 0 saturated heterocycles. The number of benzene rings is 1. The number of hydrogen-bond acceptors (Lipinski definition) is 4. The van der Waals surface area contributed by atoms with Gasteiger partial charge in [0.05, 0.1) is 0 Å². The van der Waals surface area contributed by atoms with Gasteiger partial charge >= 0.3 is 0 Å². The Morgan fingerprint density at radius 1 is 1.28 bits per heavy atom. The molecule has 0 aliphatic heterocycles. The summed E-state index contributed by atoms with van der Waals surface area (Å²) in [4.78, 5) is 8.67. The standard InChI is InChI=1S/C13H14N4S/c1-8-3-4-9(2)11(7-8)17-13-15-6-5-10(16-13)12(14)18/h3-7H,1-2H3,(H2,14,18)(H,15,16,17). The van der Waals surface area contributed by atoms with Gasteiger partial charge in [0.25, 0.3) is 0 Å². The van der Waals surface area contributed by atoms with Gasteiger partial charge in [-0.15, -0.1) is 0 Å². The van der Waals surface area contributed by atoms with Crippen LogP contribution in [0.4, 0.5) is 11.6 Å². The molecule has 0 aliphatic rings. The normalized spacial score (nSPS) is 10.1. The molecule has 0 unspecified atom stereocenters. The summed E-state index contributed by atoms with van der Waals surface area (Å²) in [6, 6.07) is 7.85. The smallest absolute Gasteiger partial charge is 0.227 e. The van der Waals surface area contributed by atoms with Crippen molar-refractivity contribution in [2.24, 2.45) is 5.73 Å². The van der Waals surface area contributed by atoms with Gasteiger partial charge in [0.1, 0.15) is 10.7 Å². The summed E-state index contributed by atoms with van der Waals surface area (Å²) in [7, 11) is 0. The van der Waals surface area contributed by atoms with Crippen LogP contribution in [0.2, 0.25) is 0 Å². The van der Waals surface area contributed by atoms with Gasteiger partial charge in [-0.05, 0) is 37.1 Å². The number of thiocarbonyl (C=S) groups is 1. The quantitative estimate of drug-likeness (QED) is 0.828. The van der Waals surface area contributed by atoms with E-state index in [-0.39, 0.29) is 4.99 Å². The number of nitrogens with two attached hydrogens (primary N) is 1. The first kappa shape index (κ1) is 12.4. The van der Waals surface area contributed by atoms with Crippen LogP contribution in [-0.2, 0) is 0 Å². The molecule has 0 radical (unpaired) electrons. The van der Waals surface area contributed by atoms with E-state index in [0.717, 1.165) is 11.3 Å². The van der Waals surface area contributed by atoms with E-state index in [2.05, 4.69) is 27.4 Å². The van der Waals surface area contributed by atoms with Crippen molar-refractivity contribution >= 4 is 28.8 Å². The fraction of sp³-hybridized carbons (Fsp3) is 0.154. The fourth-order valence-electron chi connectivity index (χ4n) is 1.55. The summed E-state index contributed by atoms with van der Waals surface area (Å²) in [6.07, 6.45) is 1.63. The summed E-state index contributed by atoms with van der Waals surface area (Å²) in [6.45, 7) is 4.07. The number of aryl methyl sites for hydroxylation is 2. The third kappa shape index (κ3) is 2.81. The maximum absolute atomic E-state index is 5.54. The van der Waals surface area contributed by atoms with Crippen molar-refractivity contribution in [1.82, 2.24) is 9.97 Å². The molecule has 0 atom stereocenters. The zero-order valence-electron chi connectivity index (χ0n) is 10.3. The molecular weight excluding hydrogens is 244 g/mol. The molecule has 2 aromatic rings. The highest BCUT2D eigenvalue weighted by molar-refractivity contribution is 7.80. The topological polar surface area (TPSA) is 63.8 Å². The molecule has 92 valence electrons. The maximum atomic E-state index is 5.54. The van der Waals surface area contributed by atoms with Crippen molar-refractivity contribution in [3.05, 3.63) is 47.3 Å². The molecule has 0 spiro atoms. The predicted molar refractivity (Wildman–Crippen MR) is 77.1 cm³/mol. The highest BCUT2D eigenvalue weighted by Gasteiger charge is 2.04. The van der Waals surface area contributed by atoms with E-state index < -0.39 is 0 Å². The molecule has 0 amide bonds. The summed E-state index contributed by atoms with van der Waals surface area (Å²) in [5.41, 5.74) is 9.39. The Bertz CT molecular complexity index is 595. The average molecular weight is 258 g/mol. The maximum Gasteiger partial charge on any atom is 0.227 e. The van der Waals surface area contributed by atoms with Crippen LogP contribution in [0.1, 0.15) is 16.8 Å². The van der Waals surface area contributed by atoms with E-state index in [1.165, 1.54) is 5.56 Å². The van der Waals surface area contributed by atoms with Crippen molar-refractivity contribution in [2.45, 2.75) is 13.8 Å². The lowest BCUT2D eigenvalue weighted by Crippen LogP contribution is -2.13. The van der Waals surface area contributed by atoms with Gasteiger partial charge < -0.3 is 11.1 Å². The predicted octanol–water partition coefficient (Wildman–Crippen LogP) is 2.47. The SMILES string of the molecule is Cc1ccc(C)c(Nc2nccc(C(N)=S)n2)c1. The number of nitrogens with zero attached hydrogens (tertiary/aromatic N) is 2. The molecule has 0 fully saturated rings. The first-order valence-electron chi connectivity index (χ1n) is 5.53. The van der Waals surface area contributed by atoms with E-state index in [0.29, 0.717) is 11.6 Å². The Balaban J connectivity index is 2.31. The van der Waals surface area contributed by atoms with Gasteiger partial charge in [0.15, 0.2) is 0 Å². The summed E-state index contributed by atoms with van der Waals surface area (Å²) >= 11 is 4.89. The largest absolute Gasteiger partial charge is 0.388 e. The minimum absolute atomic E-state index is 0.265. The van der Waals surface area contributed by atoms with Crippen LogP contribution < -0.4 is 11.1 Å². The number of hydrogen-bond donors (Lipinski definition) is 2. The first-order valence-corrected chi connectivity index (χ1v) is 5.94. The van der Waals surface area contributed by atoms with Crippen LogP contribution in [0.15, 0.2) is 30.5 Å². The highest BCUT2D eigenvalue weighted by Crippen LogP contribution is 2.19. The van der Waals surface area contributed by atoms with Crippen LogP contribution in [0.3, 0.4) is 0 Å². The molecule has 1 aromatic heterocycles. The fourth-order valence-corrected chi connectivity index (χ4v) is 1.66. The minimum atomic E-state index is 0.265. The summed E-state index contributed by atoms with van der Waals surface area (Å²) < 4.78 is 0. The molecule has 2 rings (SSSR count). The zero-order chi connectivity index (χ0) is 13.1. The lowest BCUT2D eigenvalue weighted by molar-refractivity contribution is 1.15. The second kappa shape index (κ2) is 5.10. The monoisotopic (exact) mass is 258 g/mol. The molecule has 3 N–H and O–H groups in total. The highest BCUT2D eigenvalue weighted by atomic mass is 32.1. The summed E-state index contributed by atoms with van der Waals surface area (Å²) in [5, 5.41) is 3.17. The van der Waals surface area contributed by atoms with E-state index >= 15 is 0 Å². The van der Waals surface area contributed by atoms with Gasteiger partial charge in [-0.25, -0.2) is 9.97 Å². The Kier molecular flexibility index (Phi) is 3.53. The number of nitrogens with one attached hydrogen (secondary N) is 1. The molecule has 0 aliphatic carbocycles. The molecule has 0 bridgehead atoms. The first-order chi connectivity index (χ1) is 8.56. The molecule has 4 nitrogen and oxygen atoms in total. The number of rotatable bonds is 3. The molecule has 18 heavy (non-hydrogen) atoms. The second-order valence-corrected chi connectivity index (χ2v) is 4.51. The Morgan fingerprint density at radius 3 is 2.78 bits per heavy atom. The molecule has 0 saturated carbocycles. The van der Waals surface area contributed by atoms with Crippen LogP contribution in [0.25, 0.3) is 0 Å². The van der Waals surface area contributed by atoms with Gasteiger partial charge in [-0.1, -0.05) is 24.4 Å². The van der Waals surface area contributed by atoms with Crippen molar-refractivity contribution in [3.63, 3.8) is 0 Å². The Labute approximate surface area is 111 Å². The third-order valence-corrected chi connectivity index (χ3v) is 2.76. The molecule has 5 heteroatoms. The zero-order valence-corrected chi connectivity index (χ0v) is 11.1. The molecular formula is C13H14N4S. The Morgan fingerprint density at radius 2 is 2.06 bits per heavy atom. The average Bonchev–Trinajstić information content (AvgIpc) is 2.34.